The SMILES string of the molecule is NC(=O)NCCCC[C@H](NC(=O)CCCCNc1ccccn1)C(=O)NC(CC(=O)O)c1ccc(-c2ccccc2)cc1. The summed E-state index contributed by atoms with van der Waals surface area (Å²) in [6.07, 6.45) is 4.36. The van der Waals surface area contributed by atoms with Crippen molar-refractivity contribution in [1.29, 1.82) is 0 Å². The molecule has 11 nitrogen and oxygen atoms in total. The van der Waals surface area contributed by atoms with Crippen molar-refractivity contribution in [2.75, 3.05) is 18.4 Å². The minimum absolute atomic E-state index is 0.233. The lowest BCUT2D eigenvalue weighted by Crippen LogP contribution is -2.48. The Morgan fingerprint density at radius 1 is 0.791 bits per heavy atom. The molecule has 2 aromatic carbocycles. The van der Waals surface area contributed by atoms with Crippen LogP contribution in [0.1, 0.15) is 56.6 Å². The first-order valence-corrected chi connectivity index (χ1v) is 14.5. The molecular formula is C32H40N6O5. The van der Waals surface area contributed by atoms with Gasteiger partial charge in [-0.25, -0.2) is 9.78 Å². The predicted octanol–water partition coefficient (Wildman–Crippen LogP) is 3.99. The normalized spacial score (nSPS) is 12.0. The summed E-state index contributed by atoms with van der Waals surface area (Å²) in [5.41, 5.74) is 7.75. The number of hydrogen-bond donors (Lipinski definition) is 6. The minimum Gasteiger partial charge on any atom is -0.481 e. The summed E-state index contributed by atoms with van der Waals surface area (Å²) < 4.78 is 0. The van der Waals surface area contributed by atoms with Gasteiger partial charge in [0, 0.05) is 25.7 Å². The van der Waals surface area contributed by atoms with E-state index >= 15 is 0 Å². The minimum atomic E-state index is -1.06. The zero-order valence-corrected chi connectivity index (χ0v) is 24.1. The second kappa shape index (κ2) is 17.8. The molecular weight excluding hydrogens is 548 g/mol. The van der Waals surface area contributed by atoms with Crippen molar-refractivity contribution >= 4 is 29.6 Å². The number of aliphatic carboxylic acids is 1. The quantitative estimate of drug-likeness (QED) is 0.122. The standard InChI is InChI=1S/C32H40N6O5/c33-32(43)36-21-7-4-12-26(37-29(39)14-6-9-20-35-28-13-5-8-19-34-28)31(42)38-27(22-30(40)41)25-17-15-24(16-18-25)23-10-2-1-3-11-23/h1-3,5,8,10-11,13,15-19,26-27H,4,6-7,9,12,14,20-22H2,(H,34,35)(H,37,39)(H,38,42)(H,40,41)(H3,33,36,43)/t26-,27?/m0/s1. The maximum atomic E-state index is 13.4. The molecule has 228 valence electrons. The number of carbonyl (C=O) groups is 4. The molecule has 7 N–H and O–H groups in total. The van der Waals surface area contributed by atoms with E-state index in [1.165, 1.54) is 0 Å². The average Bonchev–Trinajstić information content (AvgIpc) is 3.00. The Morgan fingerprint density at radius 2 is 1.49 bits per heavy atom. The van der Waals surface area contributed by atoms with Gasteiger partial charge in [0.2, 0.25) is 11.8 Å². The third-order valence-corrected chi connectivity index (χ3v) is 6.79. The molecule has 0 aliphatic heterocycles. The van der Waals surface area contributed by atoms with E-state index in [2.05, 4.69) is 26.3 Å². The summed E-state index contributed by atoms with van der Waals surface area (Å²) in [6.45, 7) is 0.997. The average molecular weight is 589 g/mol. The van der Waals surface area contributed by atoms with Gasteiger partial charge in [-0.2, -0.15) is 0 Å². The van der Waals surface area contributed by atoms with Crippen LogP contribution >= 0.6 is 0 Å². The van der Waals surface area contributed by atoms with Crippen LogP contribution in [0.5, 0.6) is 0 Å². The highest BCUT2D eigenvalue weighted by atomic mass is 16.4. The fourth-order valence-corrected chi connectivity index (χ4v) is 4.55. The molecule has 1 heterocycles. The lowest BCUT2D eigenvalue weighted by atomic mass is 9.98. The Hall–Kier alpha value is -4.93. The zero-order valence-electron chi connectivity index (χ0n) is 24.1. The number of anilines is 1. The first-order valence-electron chi connectivity index (χ1n) is 14.5. The van der Waals surface area contributed by atoms with Crippen molar-refractivity contribution in [3.8, 4) is 11.1 Å². The highest BCUT2D eigenvalue weighted by Gasteiger charge is 2.25. The first-order chi connectivity index (χ1) is 20.8. The van der Waals surface area contributed by atoms with Crippen molar-refractivity contribution in [3.05, 3.63) is 84.6 Å². The number of nitrogens with two attached hydrogens (primary N) is 1. The highest BCUT2D eigenvalue weighted by Crippen LogP contribution is 2.24. The van der Waals surface area contributed by atoms with Gasteiger partial charge in [-0.05, 0) is 60.9 Å². The third-order valence-electron chi connectivity index (χ3n) is 6.79. The molecule has 43 heavy (non-hydrogen) atoms. The highest BCUT2D eigenvalue weighted by molar-refractivity contribution is 5.88. The summed E-state index contributed by atoms with van der Waals surface area (Å²) in [7, 11) is 0. The molecule has 0 aliphatic carbocycles. The molecule has 0 aliphatic rings. The molecule has 2 atom stereocenters. The number of carbonyl (C=O) groups excluding carboxylic acids is 3. The van der Waals surface area contributed by atoms with Crippen molar-refractivity contribution in [3.63, 3.8) is 0 Å². The van der Waals surface area contributed by atoms with Gasteiger partial charge in [-0.3, -0.25) is 14.4 Å². The molecule has 0 spiro atoms. The number of nitrogens with zero attached hydrogens (tertiary/aromatic N) is 1. The largest absolute Gasteiger partial charge is 0.481 e. The van der Waals surface area contributed by atoms with Gasteiger partial charge in [0.15, 0.2) is 0 Å². The molecule has 0 saturated heterocycles. The number of rotatable bonds is 18. The van der Waals surface area contributed by atoms with Gasteiger partial charge >= 0.3 is 12.0 Å². The van der Waals surface area contributed by atoms with E-state index in [9.17, 15) is 24.3 Å². The number of aromatic nitrogens is 1. The number of carboxylic acids is 1. The summed E-state index contributed by atoms with van der Waals surface area (Å²) in [5.74, 6) is -1.03. The van der Waals surface area contributed by atoms with Crippen LogP contribution in [0.2, 0.25) is 0 Å². The van der Waals surface area contributed by atoms with Gasteiger partial charge < -0.3 is 32.1 Å². The van der Waals surface area contributed by atoms with Crippen molar-refractivity contribution in [2.24, 2.45) is 5.73 Å². The fraction of sp³-hybridized carbons (Fsp3) is 0.344. The van der Waals surface area contributed by atoms with E-state index in [0.29, 0.717) is 44.3 Å². The van der Waals surface area contributed by atoms with Crippen LogP contribution in [0.4, 0.5) is 10.6 Å². The van der Waals surface area contributed by atoms with Gasteiger partial charge in [0.1, 0.15) is 11.9 Å². The number of pyridine rings is 1. The Labute approximate surface area is 251 Å². The molecule has 3 rings (SSSR count). The topological polar surface area (TPSA) is 176 Å². The maximum Gasteiger partial charge on any atom is 0.312 e. The molecule has 0 radical (unpaired) electrons. The number of amides is 4. The number of hydrogen-bond acceptors (Lipinski definition) is 6. The fourth-order valence-electron chi connectivity index (χ4n) is 4.55. The Morgan fingerprint density at radius 3 is 2.16 bits per heavy atom. The molecule has 3 aromatic rings. The van der Waals surface area contributed by atoms with Gasteiger partial charge in [0.25, 0.3) is 0 Å². The Balaban J connectivity index is 1.60. The molecule has 0 bridgehead atoms. The van der Waals surface area contributed by atoms with Crippen LogP contribution in [0.25, 0.3) is 11.1 Å². The number of carboxylic acid groups (broad SMARTS) is 1. The van der Waals surface area contributed by atoms with E-state index in [1.807, 2.05) is 60.7 Å². The number of primary amides is 1. The third kappa shape index (κ3) is 12.2. The molecule has 1 aromatic heterocycles. The zero-order chi connectivity index (χ0) is 30.9. The van der Waals surface area contributed by atoms with Gasteiger partial charge in [0.05, 0.1) is 12.5 Å². The molecule has 4 amide bonds. The van der Waals surface area contributed by atoms with Crippen LogP contribution in [0.3, 0.4) is 0 Å². The maximum absolute atomic E-state index is 13.4. The van der Waals surface area contributed by atoms with Gasteiger partial charge in [-0.15, -0.1) is 0 Å². The number of urea groups is 1. The summed E-state index contributed by atoms with van der Waals surface area (Å²) in [6, 6.07) is 20.5. The summed E-state index contributed by atoms with van der Waals surface area (Å²) in [4.78, 5) is 53.0. The monoisotopic (exact) mass is 588 g/mol. The number of nitrogens with one attached hydrogen (secondary N) is 4. The lowest BCUT2D eigenvalue weighted by Gasteiger charge is -2.23. The van der Waals surface area contributed by atoms with Crippen molar-refractivity contribution in [2.45, 2.75) is 57.0 Å². The molecule has 1 unspecified atom stereocenters. The van der Waals surface area contributed by atoms with E-state index in [-0.39, 0.29) is 18.7 Å². The van der Waals surface area contributed by atoms with E-state index in [4.69, 9.17) is 5.73 Å². The van der Waals surface area contributed by atoms with E-state index in [0.717, 1.165) is 23.4 Å². The van der Waals surface area contributed by atoms with Crippen LogP contribution in [-0.2, 0) is 14.4 Å². The molecule has 0 saturated carbocycles. The molecule has 0 fully saturated rings. The Bertz CT molecular complexity index is 1300. The lowest BCUT2D eigenvalue weighted by molar-refractivity contribution is -0.138. The Kier molecular flexibility index (Phi) is 13.5. The van der Waals surface area contributed by atoms with Crippen LogP contribution in [0, 0.1) is 0 Å². The van der Waals surface area contributed by atoms with Crippen molar-refractivity contribution < 1.29 is 24.3 Å². The van der Waals surface area contributed by atoms with E-state index < -0.39 is 30.0 Å². The summed E-state index contributed by atoms with van der Waals surface area (Å²) in [5, 5.41) is 20.9. The van der Waals surface area contributed by atoms with Gasteiger partial charge in [-0.1, -0.05) is 60.7 Å². The second-order valence-corrected chi connectivity index (χ2v) is 10.2. The first kappa shape index (κ1) is 32.6. The predicted molar refractivity (Wildman–Crippen MR) is 165 cm³/mol. The summed E-state index contributed by atoms with van der Waals surface area (Å²) >= 11 is 0. The van der Waals surface area contributed by atoms with Crippen LogP contribution in [-0.4, -0.2) is 53.0 Å². The smallest absolute Gasteiger partial charge is 0.312 e. The second-order valence-electron chi connectivity index (χ2n) is 10.2. The van der Waals surface area contributed by atoms with Crippen LogP contribution in [0.15, 0.2) is 79.0 Å². The van der Waals surface area contributed by atoms with Crippen molar-refractivity contribution in [1.82, 2.24) is 20.9 Å². The molecule has 11 heteroatoms. The number of benzene rings is 2. The van der Waals surface area contributed by atoms with Crippen LogP contribution < -0.4 is 27.0 Å². The number of unbranched alkanes of at least 4 members (excludes halogenated alkanes) is 2. The van der Waals surface area contributed by atoms with E-state index in [1.54, 1.807) is 18.3 Å².